The van der Waals surface area contributed by atoms with Crippen molar-refractivity contribution in [2.75, 3.05) is 7.05 Å². The maximum absolute atomic E-state index is 12.9. The van der Waals surface area contributed by atoms with Crippen molar-refractivity contribution in [2.24, 2.45) is 5.92 Å². The molecule has 1 aliphatic rings. The van der Waals surface area contributed by atoms with Gasteiger partial charge in [-0.25, -0.2) is 4.79 Å². The quantitative estimate of drug-likeness (QED) is 0.488. The number of likely N-dealkylation sites (N-methyl/N-ethyl adjacent to an activating group) is 1. The van der Waals surface area contributed by atoms with Crippen molar-refractivity contribution < 1.29 is 18.8 Å². The second kappa shape index (κ2) is 11.5. The Labute approximate surface area is 194 Å². The molecule has 8 heteroatoms. The molecule has 1 fully saturated rings. The van der Waals surface area contributed by atoms with E-state index in [1.807, 2.05) is 38.1 Å². The first-order valence-corrected chi connectivity index (χ1v) is 11.6. The SMILES string of the molecule is CNC(=O)C(NC(=O)c1ccc(-c2cccc(CNC(=O)NC(C)C)c2)o1)C1CCCCC1. The molecule has 1 aromatic carbocycles. The maximum Gasteiger partial charge on any atom is 0.315 e. The van der Waals surface area contributed by atoms with Crippen LogP contribution < -0.4 is 21.3 Å². The van der Waals surface area contributed by atoms with E-state index in [1.54, 1.807) is 19.2 Å². The van der Waals surface area contributed by atoms with Crippen LogP contribution in [0.2, 0.25) is 0 Å². The standard InChI is InChI=1S/C25H34N4O4/c1-16(2)28-25(32)27-15-17-8-7-11-19(14-17)20-12-13-21(33-20)23(30)29-22(24(31)26-3)18-9-5-4-6-10-18/h7-8,11-14,16,18,22H,4-6,9-10,15H2,1-3H3,(H,26,31)(H,29,30)(H2,27,28,32). The largest absolute Gasteiger partial charge is 0.451 e. The highest BCUT2D eigenvalue weighted by Crippen LogP contribution is 2.27. The molecule has 0 aliphatic heterocycles. The van der Waals surface area contributed by atoms with Crippen molar-refractivity contribution in [3.05, 3.63) is 47.7 Å². The van der Waals surface area contributed by atoms with E-state index < -0.39 is 11.9 Å². The fourth-order valence-corrected chi connectivity index (χ4v) is 4.18. The van der Waals surface area contributed by atoms with Crippen LogP contribution in [-0.2, 0) is 11.3 Å². The average molecular weight is 455 g/mol. The molecule has 1 atom stereocenters. The molecule has 4 amide bonds. The molecule has 0 radical (unpaired) electrons. The lowest BCUT2D eigenvalue weighted by Gasteiger charge is -2.29. The Kier molecular flexibility index (Phi) is 8.52. The second-order valence-corrected chi connectivity index (χ2v) is 8.81. The van der Waals surface area contributed by atoms with Crippen LogP contribution in [0.1, 0.15) is 62.1 Å². The molecular weight excluding hydrogens is 420 g/mol. The van der Waals surface area contributed by atoms with Crippen LogP contribution in [0.25, 0.3) is 11.3 Å². The number of carbonyl (C=O) groups excluding carboxylic acids is 3. The monoisotopic (exact) mass is 454 g/mol. The summed E-state index contributed by atoms with van der Waals surface area (Å²) in [5.41, 5.74) is 1.71. The van der Waals surface area contributed by atoms with E-state index in [9.17, 15) is 14.4 Å². The fraction of sp³-hybridized carbons (Fsp3) is 0.480. The Bertz CT molecular complexity index is 963. The smallest absolute Gasteiger partial charge is 0.315 e. The molecule has 0 bridgehead atoms. The zero-order valence-corrected chi connectivity index (χ0v) is 19.6. The number of benzene rings is 1. The van der Waals surface area contributed by atoms with Crippen LogP contribution in [0.5, 0.6) is 0 Å². The number of amides is 4. The van der Waals surface area contributed by atoms with E-state index in [0.29, 0.717) is 12.3 Å². The molecule has 3 rings (SSSR count). The van der Waals surface area contributed by atoms with Gasteiger partial charge in [-0.1, -0.05) is 37.5 Å². The van der Waals surface area contributed by atoms with E-state index in [2.05, 4.69) is 21.3 Å². The summed E-state index contributed by atoms with van der Waals surface area (Å²) in [6, 6.07) is 10.2. The highest BCUT2D eigenvalue weighted by Gasteiger charge is 2.31. The first kappa shape index (κ1) is 24.4. The summed E-state index contributed by atoms with van der Waals surface area (Å²) >= 11 is 0. The minimum Gasteiger partial charge on any atom is -0.451 e. The summed E-state index contributed by atoms with van der Waals surface area (Å²) in [5, 5.41) is 11.2. The van der Waals surface area contributed by atoms with E-state index >= 15 is 0 Å². The third-order valence-corrected chi connectivity index (χ3v) is 5.85. The molecule has 1 aromatic heterocycles. The molecule has 0 saturated heterocycles. The Morgan fingerprint density at radius 1 is 1.03 bits per heavy atom. The highest BCUT2D eigenvalue weighted by atomic mass is 16.4. The van der Waals surface area contributed by atoms with Gasteiger partial charge in [0.1, 0.15) is 11.8 Å². The number of rotatable bonds is 8. The molecule has 8 nitrogen and oxygen atoms in total. The average Bonchev–Trinajstić information content (AvgIpc) is 3.31. The van der Waals surface area contributed by atoms with Gasteiger partial charge in [0, 0.05) is 25.2 Å². The molecule has 1 aliphatic carbocycles. The van der Waals surface area contributed by atoms with Crippen molar-refractivity contribution in [2.45, 2.75) is 64.6 Å². The Morgan fingerprint density at radius 2 is 1.79 bits per heavy atom. The number of urea groups is 1. The number of nitrogens with one attached hydrogen (secondary N) is 4. The predicted molar refractivity (Wildman–Crippen MR) is 127 cm³/mol. The summed E-state index contributed by atoms with van der Waals surface area (Å²) in [6.07, 6.45) is 5.17. The van der Waals surface area contributed by atoms with Gasteiger partial charge in [0.05, 0.1) is 0 Å². The number of furan rings is 1. The van der Waals surface area contributed by atoms with Crippen LogP contribution >= 0.6 is 0 Å². The summed E-state index contributed by atoms with van der Waals surface area (Å²) < 4.78 is 5.82. The minimum atomic E-state index is -0.567. The topological polar surface area (TPSA) is 112 Å². The zero-order chi connectivity index (χ0) is 23.8. The van der Waals surface area contributed by atoms with Gasteiger partial charge in [-0.2, -0.15) is 0 Å². The summed E-state index contributed by atoms with van der Waals surface area (Å²) in [5.74, 6) is 0.263. The van der Waals surface area contributed by atoms with Gasteiger partial charge in [0.2, 0.25) is 5.91 Å². The van der Waals surface area contributed by atoms with Crippen molar-refractivity contribution in [1.29, 1.82) is 0 Å². The maximum atomic E-state index is 12.9. The zero-order valence-electron chi connectivity index (χ0n) is 19.6. The molecular formula is C25H34N4O4. The summed E-state index contributed by atoms with van der Waals surface area (Å²) in [4.78, 5) is 37.1. The van der Waals surface area contributed by atoms with Crippen LogP contribution in [0.3, 0.4) is 0 Å². The molecule has 2 aromatic rings. The van der Waals surface area contributed by atoms with Crippen molar-refractivity contribution >= 4 is 17.8 Å². The molecule has 1 unspecified atom stereocenters. The lowest BCUT2D eigenvalue weighted by atomic mass is 9.83. The first-order chi connectivity index (χ1) is 15.9. The predicted octanol–water partition coefficient (Wildman–Crippen LogP) is 3.58. The van der Waals surface area contributed by atoms with E-state index in [-0.39, 0.29) is 29.7 Å². The van der Waals surface area contributed by atoms with Gasteiger partial charge in [-0.15, -0.1) is 0 Å². The summed E-state index contributed by atoms with van der Waals surface area (Å²) in [7, 11) is 1.59. The van der Waals surface area contributed by atoms with Crippen LogP contribution in [-0.4, -0.2) is 37.0 Å². The third-order valence-electron chi connectivity index (χ3n) is 5.85. The molecule has 0 spiro atoms. The highest BCUT2D eigenvalue weighted by molar-refractivity contribution is 5.96. The van der Waals surface area contributed by atoms with Crippen molar-refractivity contribution in [1.82, 2.24) is 21.3 Å². The van der Waals surface area contributed by atoms with E-state index in [0.717, 1.165) is 36.8 Å². The van der Waals surface area contributed by atoms with E-state index in [4.69, 9.17) is 4.42 Å². The second-order valence-electron chi connectivity index (χ2n) is 8.81. The molecule has 178 valence electrons. The number of hydrogen-bond donors (Lipinski definition) is 4. The summed E-state index contributed by atoms with van der Waals surface area (Å²) in [6.45, 7) is 4.17. The molecule has 4 N–H and O–H groups in total. The van der Waals surface area contributed by atoms with Gasteiger partial charge in [-0.05, 0) is 56.4 Å². The van der Waals surface area contributed by atoms with Gasteiger partial charge in [0.25, 0.3) is 5.91 Å². The molecule has 1 heterocycles. The fourth-order valence-electron chi connectivity index (χ4n) is 4.18. The van der Waals surface area contributed by atoms with Crippen LogP contribution in [0.4, 0.5) is 4.79 Å². The third kappa shape index (κ3) is 6.84. The van der Waals surface area contributed by atoms with Gasteiger partial charge >= 0.3 is 6.03 Å². The number of carbonyl (C=O) groups is 3. The lowest BCUT2D eigenvalue weighted by molar-refractivity contribution is -0.124. The van der Waals surface area contributed by atoms with Gasteiger partial charge < -0.3 is 25.7 Å². The molecule has 33 heavy (non-hydrogen) atoms. The van der Waals surface area contributed by atoms with Gasteiger partial charge in [-0.3, -0.25) is 9.59 Å². The first-order valence-electron chi connectivity index (χ1n) is 11.6. The van der Waals surface area contributed by atoms with Crippen LogP contribution in [0, 0.1) is 5.92 Å². The van der Waals surface area contributed by atoms with Crippen LogP contribution in [0.15, 0.2) is 40.8 Å². The Balaban J connectivity index is 1.66. The van der Waals surface area contributed by atoms with Gasteiger partial charge in [0.15, 0.2) is 5.76 Å². The molecule has 1 saturated carbocycles. The van der Waals surface area contributed by atoms with E-state index in [1.165, 1.54) is 6.42 Å². The Hall–Kier alpha value is -3.29. The van der Waals surface area contributed by atoms with Crippen molar-refractivity contribution in [3.63, 3.8) is 0 Å². The normalized spacial score (nSPS) is 15.0. The Morgan fingerprint density at radius 3 is 2.48 bits per heavy atom. The lowest BCUT2D eigenvalue weighted by Crippen LogP contribution is -2.50. The van der Waals surface area contributed by atoms with Crippen molar-refractivity contribution in [3.8, 4) is 11.3 Å². The minimum absolute atomic E-state index is 0.0603. The number of hydrogen-bond acceptors (Lipinski definition) is 4.